The van der Waals surface area contributed by atoms with E-state index < -0.39 is 5.82 Å². The highest BCUT2D eigenvalue weighted by Crippen LogP contribution is 2.21. The summed E-state index contributed by atoms with van der Waals surface area (Å²) in [4.78, 5) is 13.8. The highest BCUT2D eigenvalue weighted by Gasteiger charge is 2.18. The van der Waals surface area contributed by atoms with Gasteiger partial charge in [-0.3, -0.25) is 4.79 Å². The summed E-state index contributed by atoms with van der Waals surface area (Å²) in [5, 5.41) is 0. The van der Waals surface area contributed by atoms with E-state index in [2.05, 4.69) is 0 Å². The van der Waals surface area contributed by atoms with Crippen LogP contribution in [0.25, 0.3) is 0 Å². The van der Waals surface area contributed by atoms with E-state index in [0.29, 0.717) is 32.0 Å². The summed E-state index contributed by atoms with van der Waals surface area (Å²) in [5.74, 6) is -0.309. The summed E-state index contributed by atoms with van der Waals surface area (Å²) in [6.45, 7) is 5.53. The number of benzene rings is 1. The normalized spacial score (nSPS) is 9.68. The third-order valence-corrected chi connectivity index (χ3v) is 2.60. The summed E-state index contributed by atoms with van der Waals surface area (Å²) < 4.78 is 18.6. The first-order valence-electron chi connectivity index (χ1n) is 6.05. The predicted octanol–water partition coefficient (Wildman–Crippen LogP) is 2.07. The fourth-order valence-electron chi connectivity index (χ4n) is 1.65. The molecule has 1 aromatic rings. The number of nitrogens with zero attached hydrogens (tertiary/aromatic N) is 1. The number of carbonyl (C=O) groups excluding carboxylic acids is 1. The molecule has 6 heteroatoms. The maximum Gasteiger partial charge on any atom is 0.257 e. The molecule has 1 aromatic carbocycles. The SMILES string of the molecule is CCN(CC)C(=O)c1cc(F)ccc1OCCN.Cl. The fourth-order valence-corrected chi connectivity index (χ4v) is 1.65. The molecule has 1 rings (SSSR count). The number of amides is 1. The van der Waals surface area contributed by atoms with E-state index in [0.717, 1.165) is 0 Å². The van der Waals surface area contributed by atoms with Gasteiger partial charge in [-0.05, 0) is 32.0 Å². The van der Waals surface area contributed by atoms with Crippen LogP contribution in [0.1, 0.15) is 24.2 Å². The van der Waals surface area contributed by atoms with Gasteiger partial charge < -0.3 is 15.4 Å². The van der Waals surface area contributed by atoms with Gasteiger partial charge in [-0.25, -0.2) is 4.39 Å². The van der Waals surface area contributed by atoms with Crippen molar-refractivity contribution in [2.24, 2.45) is 5.73 Å². The third kappa shape index (κ3) is 4.69. The lowest BCUT2D eigenvalue weighted by Gasteiger charge is -2.20. The van der Waals surface area contributed by atoms with Gasteiger partial charge in [0.2, 0.25) is 0 Å². The molecule has 0 bridgehead atoms. The smallest absolute Gasteiger partial charge is 0.257 e. The Labute approximate surface area is 119 Å². The van der Waals surface area contributed by atoms with E-state index in [1.165, 1.54) is 18.2 Å². The quantitative estimate of drug-likeness (QED) is 0.872. The fraction of sp³-hybridized carbons (Fsp3) is 0.462. The van der Waals surface area contributed by atoms with E-state index in [-0.39, 0.29) is 23.9 Å². The topological polar surface area (TPSA) is 55.6 Å². The maximum absolute atomic E-state index is 13.3. The van der Waals surface area contributed by atoms with Gasteiger partial charge in [-0.15, -0.1) is 12.4 Å². The Morgan fingerprint density at radius 2 is 2.00 bits per heavy atom. The second kappa shape index (κ2) is 8.72. The number of halogens is 2. The van der Waals surface area contributed by atoms with Crippen LogP contribution in [-0.2, 0) is 0 Å². The molecule has 0 aromatic heterocycles. The zero-order valence-electron chi connectivity index (χ0n) is 11.2. The molecule has 0 saturated carbocycles. The van der Waals surface area contributed by atoms with Crippen LogP contribution >= 0.6 is 12.4 Å². The van der Waals surface area contributed by atoms with Crippen LogP contribution in [0.5, 0.6) is 5.75 Å². The molecule has 0 aliphatic carbocycles. The average Bonchev–Trinajstić information content (AvgIpc) is 2.38. The minimum absolute atomic E-state index is 0. The van der Waals surface area contributed by atoms with Gasteiger partial charge in [0.1, 0.15) is 18.2 Å². The predicted molar refractivity (Wildman–Crippen MR) is 75.4 cm³/mol. The lowest BCUT2D eigenvalue weighted by Crippen LogP contribution is -2.31. The number of carbonyl (C=O) groups is 1. The average molecular weight is 291 g/mol. The summed E-state index contributed by atoms with van der Waals surface area (Å²) in [6, 6.07) is 3.93. The van der Waals surface area contributed by atoms with Gasteiger partial charge in [0, 0.05) is 19.6 Å². The van der Waals surface area contributed by atoms with E-state index in [4.69, 9.17) is 10.5 Å². The highest BCUT2D eigenvalue weighted by atomic mass is 35.5. The molecule has 2 N–H and O–H groups in total. The summed E-state index contributed by atoms with van der Waals surface area (Å²) in [5.41, 5.74) is 5.59. The molecule has 0 aliphatic heterocycles. The first-order chi connectivity index (χ1) is 8.63. The lowest BCUT2D eigenvalue weighted by atomic mass is 10.1. The number of hydrogen-bond donors (Lipinski definition) is 1. The molecular formula is C13H20ClFN2O2. The van der Waals surface area contributed by atoms with Gasteiger partial charge in [-0.2, -0.15) is 0 Å². The molecule has 0 atom stereocenters. The van der Waals surface area contributed by atoms with Crippen molar-refractivity contribution in [3.63, 3.8) is 0 Å². The minimum Gasteiger partial charge on any atom is -0.491 e. The first kappa shape index (κ1) is 17.7. The third-order valence-electron chi connectivity index (χ3n) is 2.60. The second-order valence-corrected chi connectivity index (χ2v) is 3.76. The Morgan fingerprint density at radius 1 is 1.37 bits per heavy atom. The summed E-state index contributed by atoms with van der Waals surface area (Å²) >= 11 is 0. The zero-order chi connectivity index (χ0) is 13.5. The number of nitrogens with two attached hydrogens (primary N) is 1. The summed E-state index contributed by atoms with van der Waals surface area (Å²) in [7, 11) is 0. The Balaban J connectivity index is 0.00000324. The molecule has 0 fully saturated rings. The van der Waals surface area contributed by atoms with Gasteiger partial charge in [-0.1, -0.05) is 0 Å². The molecule has 1 amide bonds. The number of hydrogen-bond acceptors (Lipinski definition) is 3. The van der Waals surface area contributed by atoms with Crippen LogP contribution in [0.2, 0.25) is 0 Å². The Hall–Kier alpha value is -1.33. The van der Waals surface area contributed by atoms with Gasteiger partial charge in [0.05, 0.1) is 5.56 Å². The van der Waals surface area contributed by atoms with Crippen molar-refractivity contribution in [2.75, 3.05) is 26.2 Å². The molecule has 0 aliphatic rings. The molecule has 0 unspecified atom stereocenters. The van der Waals surface area contributed by atoms with Crippen LogP contribution in [0.3, 0.4) is 0 Å². The Bertz CT molecular complexity index is 412. The van der Waals surface area contributed by atoms with E-state index in [1.807, 2.05) is 13.8 Å². The molecule has 0 heterocycles. The van der Waals surface area contributed by atoms with Crippen LogP contribution < -0.4 is 10.5 Å². The van der Waals surface area contributed by atoms with Crippen LogP contribution in [0.4, 0.5) is 4.39 Å². The van der Waals surface area contributed by atoms with Crippen LogP contribution in [0, 0.1) is 5.82 Å². The van der Waals surface area contributed by atoms with Gasteiger partial charge in [0.25, 0.3) is 5.91 Å². The molecule has 19 heavy (non-hydrogen) atoms. The minimum atomic E-state index is -0.453. The Kier molecular flexibility index (Phi) is 8.11. The van der Waals surface area contributed by atoms with Crippen molar-refractivity contribution in [1.82, 2.24) is 4.90 Å². The molecule has 0 radical (unpaired) electrons. The number of ether oxygens (including phenoxy) is 1. The van der Waals surface area contributed by atoms with Crippen molar-refractivity contribution in [2.45, 2.75) is 13.8 Å². The van der Waals surface area contributed by atoms with Gasteiger partial charge in [0.15, 0.2) is 0 Å². The van der Waals surface area contributed by atoms with Crippen molar-refractivity contribution < 1.29 is 13.9 Å². The van der Waals surface area contributed by atoms with E-state index >= 15 is 0 Å². The summed E-state index contributed by atoms with van der Waals surface area (Å²) in [6.07, 6.45) is 0. The molecule has 0 spiro atoms. The highest BCUT2D eigenvalue weighted by molar-refractivity contribution is 5.96. The molecule has 108 valence electrons. The molecule has 0 saturated heterocycles. The second-order valence-electron chi connectivity index (χ2n) is 3.76. The monoisotopic (exact) mass is 290 g/mol. The van der Waals surface area contributed by atoms with Gasteiger partial charge >= 0.3 is 0 Å². The lowest BCUT2D eigenvalue weighted by molar-refractivity contribution is 0.0768. The standard InChI is InChI=1S/C13H19FN2O2.ClH/c1-3-16(4-2)13(17)11-9-10(14)5-6-12(11)18-8-7-15;/h5-6,9H,3-4,7-8,15H2,1-2H3;1H. The Morgan fingerprint density at radius 3 is 2.53 bits per heavy atom. The first-order valence-corrected chi connectivity index (χ1v) is 6.05. The van der Waals surface area contributed by atoms with E-state index in [9.17, 15) is 9.18 Å². The van der Waals surface area contributed by atoms with Crippen LogP contribution in [-0.4, -0.2) is 37.0 Å². The van der Waals surface area contributed by atoms with Crippen molar-refractivity contribution in [1.29, 1.82) is 0 Å². The van der Waals surface area contributed by atoms with Crippen LogP contribution in [0.15, 0.2) is 18.2 Å². The van der Waals surface area contributed by atoms with E-state index in [1.54, 1.807) is 4.90 Å². The largest absolute Gasteiger partial charge is 0.491 e. The zero-order valence-corrected chi connectivity index (χ0v) is 12.0. The van der Waals surface area contributed by atoms with Crippen molar-refractivity contribution in [3.05, 3.63) is 29.6 Å². The molecular weight excluding hydrogens is 271 g/mol. The maximum atomic E-state index is 13.3. The number of rotatable bonds is 6. The van der Waals surface area contributed by atoms with Crippen molar-refractivity contribution >= 4 is 18.3 Å². The van der Waals surface area contributed by atoms with Crippen molar-refractivity contribution in [3.8, 4) is 5.75 Å². The molecule has 4 nitrogen and oxygen atoms in total.